The summed E-state index contributed by atoms with van der Waals surface area (Å²) in [5.41, 5.74) is 2.05. The topological polar surface area (TPSA) is 33.2 Å². The highest BCUT2D eigenvalue weighted by Crippen LogP contribution is 2.38. The molecule has 2 aromatic heterocycles. The van der Waals surface area contributed by atoms with Crippen LogP contribution in [0.25, 0.3) is 21.3 Å². The number of thiophene rings is 1. The number of pyridine rings is 1. The second kappa shape index (κ2) is 6.89. The van der Waals surface area contributed by atoms with Gasteiger partial charge in [0.15, 0.2) is 0 Å². The Bertz CT molecular complexity index is 1120. The van der Waals surface area contributed by atoms with Gasteiger partial charge < -0.3 is 4.90 Å². The predicted molar refractivity (Wildman–Crippen MR) is 104 cm³/mol. The smallest absolute Gasteiger partial charge is 0.268 e. The lowest BCUT2D eigenvalue weighted by atomic mass is 10.0. The van der Waals surface area contributed by atoms with E-state index in [4.69, 9.17) is 0 Å². The Hall–Kier alpha value is -3.12. The van der Waals surface area contributed by atoms with Gasteiger partial charge in [-0.1, -0.05) is 12.1 Å². The third kappa shape index (κ3) is 3.19. The van der Waals surface area contributed by atoms with Crippen molar-refractivity contribution in [3.05, 3.63) is 83.4 Å². The van der Waals surface area contributed by atoms with E-state index in [2.05, 4.69) is 4.98 Å². The lowest BCUT2D eigenvalue weighted by Crippen LogP contribution is -2.25. The molecular weight excluding hydrogens is 366 g/mol. The fourth-order valence-corrected chi connectivity index (χ4v) is 4.06. The highest BCUT2D eigenvalue weighted by atomic mass is 32.1. The van der Waals surface area contributed by atoms with Crippen LogP contribution < -0.4 is 4.90 Å². The fraction of sp³-hybridized carbons (Fsp3) is 0.0476. The van der Waals surface area contributed by atoms with E-state index in [1.54, 1.807) is 43.6 Å². The van der Waals surface area contributed by atoms with Crippen LogP contribution in [0.4, 0.5) is 14.5 Å². The predicted octanol–water partition coefficient (Wildman–Crippen LogP) is 5.52. The summed E-state index contributed by atoms with van der Waals surface area (Å²) < 4.78 is 26.6. The number of amides is 1. The molecule has 3 nitrogen and oxygen atoms in total. The largest absolute Gasteiger partial charge is 0.311 e. The van der Waals surface area contributed by atoms with Gasteiger partial charge in [0.05, 0.1) is 0 Å². The third-order valence-electron chi connectivity index (χ3n) is 4.31. The van der Waals surface area contributed by atoms with E-state index in [0.29, 0.717) is 10.6 Å². The molecule has 0 radical (unpaired) electrons. The third-order valence-corrected chi connectivity index (χ3v) is 5.41. The number of aromatic nitrogens is 1. The molecule has 0 unspecified atom stereocenters. The first-order valence-electron chi connectivity index (χ1n) is 8.21. The van der Waals surface area contributed by atoms with Gasteiger partial charge in [-0.15, -0.1) is 11.3 Å². The molecule has 0 spiro atoms. The zero-order chi connectivity index (χ0) is 19.0. The lowest BCUT2D eigenvalue weighted by molar-refractivity contribution is 0.0997. The van der Waals surface area contributed by atoms with Crippen molar-refractivity contribution in [3.63, 3.8) is 0 Å². The number of fused-ring (bicyclic) bond motifs is 1. The number of carbonyl (C=O) groups excluding carboxylic acids is 1. The van der Waals surface area contributed by atoms with Gasteiger partial charge in [0.2, 0.25) is 0 Å². The van der Waals surface area contributed by atoms with Gasteiger partial charge in [-0.2, -0.15) is 0 Å². The van der Waals surface area contributed by atoms with Crippen LogP contribution in [0.15, 0.2) is 66.9 Å². The zero-order valence-electron chi connectivity index (χ0n) is 14.3. The summed E-state index contributed by atoms with van der Waals surface area (Å²) in [6.45, 7) is 0. The molecule has 0 aliphatic rings. The van der Waals surface area contributed by atoms with Crippen molar-refractivity contribution >= 4 is 33.1 Å². The maximum Gasteiger partial charge on any atom is 0.268 e. The van der Waals surface area contributed by atoms with Gasteiger partial charge in [-0.25, -0.2) is 13.8 Å². The number of halogens is 2. The van der Waals surface area contributed by atoms with Crippen LogP contribution in [0.2, 0.25) is 0 Å². The summed E-state index contributed by atoms with van der Waals surface area (Å²) in [5, 5.41) is 0.838. The van der Waals surface area contributed by atoms with Gasteiger partial charge in [0.1, 0.15) is 21.3 Å². The van der Waals surface area contributed by atoms with E-state index in [0.717, 1.165) is 21.3 Å². The first-order valence-corrected chi connectivity index (χ1v) is 9.03. The Morgan fingerprint density at radius 3 is 2.26 bits per heavy atom. The number of nitrogens with zero attached hydrogens (tertiary/aromatic N) is 2. The Morgan fingerprint density at radius 1 is 0.963 bits per heavy atom. The fourth-order valence-electron chi connectivity index (χ4n) is 2.92. The standard InChI is InChI=1S/C21H14F2N2OS/c1-25(16-10-8-15(23)9-11-16)21(26)19-18(13-4-6-14(22)7-5-13)17-3-2-12-24-20(17)27-19/h2-12H,1H3. The second-order valence-electron chi connectivity index (χ2n) is 6.01. The Balaban J connectivity index is 1.85. The number of carbonyl (C=O) groups is 1. The minimum atomic E-state index is -0.363. The zero-order valence-corrected chi connectivity index (χ0v) is 15.1. The Morgan fingerprint density at radius 2 is 1.59 bits per heavy atom. The van der Waals surface area contributed by atoms with Gasteiger partial charge in [-0.3, -0.25) is 4.79 Å². The van der Waals surface area contributed by atoms with Crippen LogP contribution in [-0.2, 0) is 0 Å². The van der Waals surface area contributed by atoms with E-state index in [1.165, 1.54) is 40.5 Å². The molecule has 0 fully saturated rings. The molecule has 0 saturated carbocycles. The number of benzene rings is 2. The van der Waals surface area contributed by atoms with Crippen molar-refractivity contribution < 1.29 is 13.6 Å². The number of anilines is 1. The van der Waals surface area contributed by atoms with Gasteiger partial charge in [-0.05, 0) is 54.1 Å². The van der Waals surface area contributed by atoms with E-state index in [9.17, 15) is 13.6 Å². The van der Waals surface area contributed by atoms with Crippen LogP contribution in [0.1, 0.15) is 9.67 Å². The Labute approximate surface area is 158 Å². The molecule has 0 bridgehead atoms. The highest BCUT2D eigenvalue weighted by molar-refractivity contribution is 7.21. The lowest BCUT2D eigenvalue weighted by Gasteiger charge is -2.17. The number of hydrogen-bond donors (Lipinski definition) is 0. The quantitative estimate of drug-likeness (QED) is 0.469. The second-order valence-corrected chi connectivity index (χ2v) is 7.01. The summed E-state index contributed by atoms with van der Waals surface area (Å²) in [4.78, 5) is 20.3. The normalized spacial score (nSPS) is 10.9. The molecule has 0 N–H and O–H groups in total. The molecule has 2 heterocycles. The molecule has 4 aromatic rings. The summed E-state index contributed by atoms with van der Waals surface area (Å²) in [5.74, 6) is -0.936. The monoisotopic (exact) mass is 380 g/mol. The molecule has 2 aromatic carbocycles. The molecule has 134 valence electrons. The van der Waals surface area contributed by atoms with Crippen molar-refractivity contribution in [2.75, 3.05) is 11.9 Å². The van der Waals surface area contributed by atoms with Crippen molar-refractivity contribution in [3.8, 4) is 11.1 Å². The van der Waals surface area contributed by atoms with Crippen molar-refractivity contribution in [1.29, 1.82) is 0 Å². The molecule has 6 heteroatoms. The summed E-state index contributed by atoms with van der Waals surface area (Å²) >= 11 is 1.29. The minimum Gasteiger partial charge on any atom is -0.311 e. The summed E-state index contributed by atoms with van der Waals surface area (Å²) in [6.07, 6.45) is 1.67. The van der Waals surface area contributed by atoms with Gasteiger partial charge >= 0.3 is 0 Å². The summed E-state index contributed by atoms with van der Waals surface area (Å²) in [6, 6.07) is 15.5. The SMILES string of the molecule is CN(C(=O)c1sc2ncccc2c1-c1ccc(F)cc1)c1ccc(F)cc1. The highest BCUT2D eigenvalue weighted by Gasteiger charge is 2.23. The molecule has 0 aliphatic carbocycles. The van der Waals surface area contributed by atoms with Crippen LogP contribution in [0.5, 0.6) is 0 Å². The van der Waals surface area contributed by atoms with Crippen LogP contribution in [-0.4, -0.2) is 17.9 Å². The van der Waals surface area contributed by atoms with Crippen molar-refractivity contribution in [2.45, 2.75) is 0 Å². The van der Waals surface area contributed by atoms with Crippen molar-refractivity contribution in [2.24, 2.45) is 0 Å². The molecule has 0 atom stereocenters. The maximum absolute atomic E-state index is 13.4. The number of hydrogen-bond acceptors (Lipinski definition) is 3. The molecule has 1 amide bonds. The average Bonchev–Trinajstić information content (AvgIpc) is 3.07. The van der Waals surface area contributed by atoms with E-state index < -0.39 is 0 Å². The van der Waals surface area contributed by atoms with Crippen LogP contribution in [0.3, 0.4) is 0 Å². The van der Waals surface area contributed by atoms with E-state index >= 15 is 0 Å². The maximum atomic E-state index is 13.4. The van der Waals surface area contributed by atoms with Gasteiger partial charge in [0, 0.05) is 29.9 Å². The molecule has 0 saturated heterocycles. The summed E-state index contributed by atoms with van der Waals surface area (Å²) in [7, 11) is 1.64. The Kier molecular flexibility index (Phi) is 4.41. The first-order chi connectivity index (χ1) is 13.0. The molecule has 27 heavy (non-hydrogen) atoms. The van der Waals surface area contributed by atoms with Crippen molar-refractivity contribution in [1.82, 2.24) is 4.98 Å². The van der Waals surface area contributed by atoms with Crippen LogP contribution >= 0.6 is 11.3 Å². The average molecular weight is 380 g/mol. The van der Waals surface area contributed by atoms with E-state index in [-0.39, 0.29) is 17.5 Å². The van der Waals surface area contributed by atoms with E-state index in [1.807, 2.05) is 6.07 Å². The molecule has 4 rings (SSSR count). The minimum absolute atomic E-state index is 0.232. The molecular formula is C21H14F2N2OS. The molecule has 0 aliphatic heterocycles. The first kappa shape index (κ1) is 17.3. The number of rotatable bonds is 3. The van der Waals surface area contributed by atoms with Gasteiger partial charge in [0.25, 0.3) is 5.91 Å². The van der Waals surface area contributed by atoms with Crippen LogP contribution in [0, 0.1) is 11.6 Å².